The van der Waals surface area contributed by atoms with Gasteiger partial charge in [0.1, 0.15) is 0 Å². The summed E-state index contributed by atoms with van der Waals surface area (Å²) in [6.45, 7) is 1.04. The van der Waals surface area contributed by atoms with Gasteiger partial charge >= 0.3 is 0 Å². The van der Waals surface area contributed by atoms with Crippen LogP contribution < -0.4 is 0 Å². The fraction of sp³-hybridized carbons (Fsp3) is 0.273. The van der Waals surface area contributed by atoms with Crippen molar-refractivity contribution in [2.24, 2.45) is 0 Å². The van der Waals surface area contributed by atoms with Gasteiger partial charge in [-0.05, 0) is 25.0 Å². The predicted molar refractivity (Wildman–Crippen MR) is 56.9 cm³/mol. The molecule has 0 spiro atoms. The van der Waals surface area contributed by atoms with E-state index in [0.29, 0.717) is 0 Å². The largest absolute Gasteiger partial charge is 0.345 e. The summed E-state index contributed by atoms with van der Waals surface area (Å²) in [5, 5.41) is 11.6. The normalized spacial score (nSPS) is 14.4. The number of benzene rings is 1. The molecule has 2 heterocycles. The molecule has 0 aliphatic carbocycles. The van der Waals surface area contributed by atoms with Gasteiger partial charge in [-0.3, -0.25) is 10.1 Å². The average Bonchev–Trinajstić information content (AvgIpc) is 2.75. The monoisotopic (exact) mass is 202 g/mol. The third kappa shape index (κ3) is 1.14. The molecule has 0 atom stereocenters. The zero-order chi connectivity index (χ0) is 10.4. The van der Waals surface area contributed by atoms with Crippen LogP contribution in [-0.4, -0.2) is 9.49 Å². The molecule has 0 bridgehead atoms. The zero-order valence-corrected chi connectivity index (χ0v) is 8.14. The van der Waals surface area contributed by atoms with Crippen LogP contribution in [0.5, 0.6) is 0 Å². The summed E-state index contributed by atoms with van der Waals surface area (Å²) in [7, 11) is 0. The molecule has 0 radical (unpaired) electrons. The molecule has 1 aliphatic heterocycles. The van der Waals surface area contributed by atoms with Crippen LogP contribution in [-0.2, 0) is 13.0 Å². The molecule has 15 heavy (non-hydrogen) atoms. The Balaban J connectivity index is 2.26. The number of hydrogen-bond acceptors (Lipinski definition) is 2. The minimum atomic E-state index is -0.345. The maximum atomic E-state index is 10.6. The third-order valence-corrected chi connectivity index (χ3v) is 3.00. The van der Waals surface area contributed by atoms with E-state index < -0.39 is 0 Å². The van der Waals surface area contributed by atoms with Crippen LogP contribution in [0.25, 0.3) is 10.9 Å². The van der Waals surface area contributed by atoms with Gasteiger partial charge < -0.3 is 4.57 Å². The third-order valence-electron chi connectivity index (χ3n) is 3.00. The second-order valence-corrected chi connectivity index (χ2v) is 3.89. The van der Waals surface area contributed by atoms with E-state index in [9.17, 15) is 10.1 Å². The van der Waals surface area contributed by atoms with Gasteiger partial charge in [0.05, 0.1) is 4.92 Å². The number of aromatic nitrogens is 1. The highest BCUT2D eigenvalue weighted by Crippen LogP contribution is 2.28. The van der Waals surface area contributed by atoms with Crippen molar-refractivity contribution in [2.75, 3.05) is 0 Å². The van der Waals surface area contributed by atoms with E-state index in [4.69, 9.17) is 0 Å². The van der Waals surface area contributed by atoms with Gasteiger partial charge in [0.25, 0.3) is 5.69 Å². The zero-order valence-electron chi connectivity index (χ0n) is 8.14. The molecule has 2 aromatic rings. The van der Waals surface area contributed by atoms with E-state index >= 15 is 0 Å². The van der Waals surface area contributed by atoms with Crippen LogP contribution in [0, 0.1) is 10.1 Å². The minimum Gasteiger partial charge on any atom is -0.345 e. The number of nitro benzene ring substituents is 1. The van der Waals surface area contributed by atoms with Crippen molar-refractivity contribution in [2.45, 2.75) is 19.4 Å². The summed E-state index contributed by atoms with van der Waals surface area (Å²) in [6.07, 6.45) is 2.27. The Bertz CT molecular complexity index is 557. The number of nitrogens with zero attached hydrogens (tertiary/aromatic N) is 2. The van der Waals surface area contributed by atoms with E-state index in [1.807, 2.05) is 6.07 Å². The molecule has 0 fully saturated rings. The van der Waals surface area contributed by atoms with Gasteiger partial charge in [-0.2, -0.15) is 0 Å². The van der Waals surface area contributed by atoms with Crippen molar-refractivity contribution in [1.29, 1.82) is 0 Å². The fourth-order valence-electron chi connectivity index (χ4n) is 2.32. The van der Waals surface area contributed by atoms with Crippen molar-refractivity contribution < 1.29 is 4.92 Å². The Labute approximate surface area is 86.3 Å². The quantitative estimate of drug-likeness (QED) is 0.527. The SMILES string of the molecule is O=[N+]([O-])c1ccc2c(c1)cc1n2CCC1. The maximum Gasteiger partial charge on any atom is 0.270 e. The molecule has 0 unspecified atom stereocenters. The minimum absolute atomic E-state index is 0.173. The van der Waals surface area contributed by atoms with Gasteiger partial charge in [-0.15, -0.1) is 0 Å². The predicted octanol–water partition coefficient (Wildman–Crippen LogP) is 2.50. The first-order chi connectivity index (χ1) is 7.25. The fourth-order valence-corrected chi connectivity index (χ4v) is 2.32. The Kier molecular flexibility index (Phi) is 1.59. The van der Waals surface area contributed by atoms with Gasteiger partial charge in [0.2, 0.25) is 0 Å². The van der Waals surface area contributed by atoms with Gasteiger partial charge in [-0.25, -0.2) is 0 Å². The molecule has 4 heteroatoms. The smallest absolute Gasteiger partial charge is 0.270 e. The number of hydrogen-bond donors (Lipinski definition) is 0. The molecular formula is C11H10N2O2. The first-order valence-corrected chi connectivity index (χ1v) is 5.02. The van der Waals surface area contributed by atoms with Crippen LogP contribution in [0.1, 0.15) is 12.1 Å². The maximum absolute atomic E-state index is 10.6. The summed E-state index contributed by atoms with van der Waals surface area (Å²) in [4.78, 5) is 10.3. The summed E-state index contributed by atoms with van der Waals surface area (Å²) in [5.41, 5.74) is 2.59. The van der Waals surface area contributed by atoms with Crippen molar-refractivity contribution in [3.05, 3.63) is 40.1 Å². The van der Waals surface area contributed by atoms with E-state index in [1.54, 1.807) is 12.1 Å². The van der Waals surface area contributed by atoms with Crippen LogP contribution in [0.15, 0.2) is 24.3 Å². The van der Waals surface area contributed by atoms with Crippen LogP contribution in [0.3, 0.4) is 0 Å². The lowest BCUT2D eigenvalue weighted by molar-refractivity contribution is -0.384. The second kappa shape index (κ2) is 2.82. The number of nitro groups is 1. The van der Waals surface area contributed by atoms with Crippen LogP contribution >= 0.6 is 0 Å². The van der Waals surface area contributed by atoms with Gasteiger partial charge in [-0.1, -0.05) is 0 Å². The Morgan fingerprint density at radius 1 is 1.33 bits per heavy atom. The Morgan fingerprint density at radius 3 is 3.00 bits per heavy atom. The highest BCUT2D eigenvalue weighted by atomic mass is 16.6. The lowest BCUT2D eigenvalue weighted by Crippen LogP contribution is -1.91. The molecule has 76 valence electrons. The molecule has 0 N–H and O–H groups in total. The van der Waals surface area contributed by atoms with E-state index in [0.717, 1.165) is 23.9 Å². The number of rotatable bonds is 1. The summed E-state index contributed by atoms with van der Waals surface area (Å²) < 4.78 is 2.25. The lowest BCUT2D eigenvalue weighted by atomic mass is 10.2. The topological polar surface area (TPSA) is 48.1 Å². The standard InChI is InChI=1S/C11H10N2O2/c14-13(15)10-3-4-11-8(7-10)6-9-2-1-5-12(9)11/h3-4,6-7H,1-2,5H2. The Hall–Kier alpha value is -1.84. The van der Waals surface area contributed by atoms with E-state index in [-0.39, 0.29) is 10.6 Å². The summed E-state index contributed by atoms with van der Waals surface area (Å²) >= 11 is 0. The van der Waals surface area contributed by atoms with Crippen LogP contribution in [0.2, 0.25) is 0 Å². The van der Waals surface area contributed by atoms with Gasteiger partial charge in [0, 0.05) is 35.3 Å². The molecule has 1 aromatic carbocycles. The molecular weight excluding hydrogens is 192 g/mol. The molecule has 1 aromatic heterocycles. The highest BCUT2D eigenvalue weighted by Gasteiger charge is 2.16. The first kappa shape index (κ1) is 8.47. The van der Waals surface area contributed by atoms with Crippen molar-refractivity contribution in [1.82, 2.24) is 4.57 Å². The number of non-ortho nitro benzene ring substituents is 1. The molecule has 1 aliphatic rings. The summed E-state index contributed by atoms with van der Waals surface area (Å²) in [5.74, 6) is 0. The summed E-state index contributed by atoms with van der Waals surface area (Å²) in [6, 6.07) is 7.15. The molecule has 0 saturated carbocycles. The first-order valence-electron chi connectivity index (χ1n) is 5.02. The highest BCUT2D eigenvalue weighted by molar-refractivity contribution is 5.84. The van der Waals surface area contributed by atoms with E-state index in [1.165, 1.54) is 12.1 Å². The van der Waals surface area contributed by atoms with Crippen molar-refractivity contribution >= 4 is 16.6 Å². The van der Waals surface area contributed by atoms with Gasteiger partial charge in [0.15, 0.2) is 0 Å². The molecule has 3 rings (SSSR count). The number of aryl methyl sites for hydroxylation is 2. The molecule has 0 amide bonds. The Morgan fingerprint density at radius 2 is 2.20 bits per heavy atom. The van der Waals surface area contributed by atoms with Crippen molar-refractivity contribution in [3.8, 4) is 0 Å². The average molecular weight is 202 g/mol. The van der Waals surface area contributed by atoms with Crippen molar-refractivity contribution in [3.63, 3.8) is 0 Å². The van der Waals surface area contributed by atoms with Crippen LogP contribution in [0.4, 0.5) is 5.69 Å². The second-order valence-electron chi connectivity index (χ2n) is 3.89. The van der Waals surface area contributed by atoms with E-state index in [2.05, 4.69) is 10.6 Å². The number of fused-ring (bicyclic) bond motifs is 3. The lowest BCUT2D eigenvalue weighted by Gasteiger charge is -1.99. The molecule has 4 nitrogen and oxygen atoms in total. The molecule has 0 saturated heterocycles.